The maximum atomic E-state index is 13.4. The van der Waals surface area contributed by atoms with Gasteiger partial charge in [-0.1, -0.05) is 12.1 Å². The highest BCUT2D eigenvalue weighted by Crippen LogP contribution is 2.35. The Hall–Kier alpha value is -3.09. The molecule has 0 aromatic heterocycles. The number of carbonyl (C=O) groups excluding carboxylic acids is 2. The summed E-state index contributed by atoms with van der Waals surface area (Å²) in [6, 6.07) is 11.5. The molecule has 1 heterocycles. The van der Waals surface area contributed by atoms with Crippen LogP contribution in [0.25, 0.3) is 0 Å². The van der Waals surface area contributed by atoms with Crippen LogP contribution in [-0.4, -0.2) is 50.6 Å². The van der Waals surface area contributed by atoms with Gasteiger partial charge in [0, 0.05) is 31.6 Å². The Labute approximate surface area is 169 Å². The smallest absolute Gasteiger partial charge is 0.246 e. The van der Waals surface area contributed by atoms with Gasteiger partial charge in [-0.25, -0.2) is 4.39 Å². The van der Waals surface area contributed by atoms with Crippen LogP contribution in [0.15, 0.2) is 42.5 Å². The monoisotopic (exact) mass is 400 g/mol. The molecule has 1 unspecified atom stereocenters. The predicted octanol–water partition coefficient (Wildman–Crippen LogP) is 3.21. The number of likely N-dealkylation sites (tertiary alicyclic amines) is 1. The lowest BCUT2D eigenvalue weighted by molar-refractivity contribution is -0.132. The topological polar surface area (TPSA) is 59.1 Å². The summed E-state index contributed by atoms with van der Waals surface area (Å²) < 4.78 is 24.3. The molecule has 7 heteroatoms. The molecule has 0 bridgehead atoms. The Balaban J connectivity index is 1.69. The van der Waals surface area contributed by atoms with E-state index in [0.717, 1.165) is 5.56 Å². The van der Waals surface area contributed by atoms with Crippen molar-refractivity contribution < 1.29 is 23.5 Å². The Morgan fingerprint density at radius 3 is 2.72 bits per heavy atom. The molecule has 0 radical (unpaired) electrons. The van der Waals surface area contributed by atoms with Crippen LogP contribution >= 0.6 is 0 Å². The van der Waals surface area contributed by atoms with E-state index < -0.39 is 5.82 Å². The fourth-order valence-electron chi connectivity index (χ4n) is 3.46. The van der Waals surface area contributed by atoms with Gasteiger partial charge in [0.05, 0.1) is 13.7 Å². The third-order valence-electron chi connectivity index (χ3n) is 5.07. The molecule has 1 fully saturated rings. The molecular formula is C22H25FN2O4. The molecule has 1 aliphatic heterocycles. The van der Waals surface area contributed by atoms with Crippen molar-refractivity contribution in [2.45, 2.75) is 19.3 Å². The minimum Gasteiger partial charge on any atom is -0.493 e. The van der Waals surface area contributed by atoms with Gasteiger partial charge in [0.25, 0.3) is 0 Å². The van der Waals surface area contributed by atoms with Crippen LogP contribution in [0.1, 0.15) is 24.8 Å². The summed E-state index contributed by atoms with van der Waals surface area (Å²) in [5.41, 5.74) is 1.42. The minimum atomic E-state index is -0.413. The lowest BCUT2D eigenvalue weighted by Crippen LogP contribution is -2.39. The van der Waals surface area contributed by atoms with Crippen LogP contribution in [0.2, 0.25) is 0 Å². The standard InChI is InChI=1S/C22H25FN2O4/c1-4-29-20-10-15(8-9-19(20)28-3)16-11-21(26)25(13-16)14-22(27)24(2)18-7-5-6-17(23)12-18/h5-10,12,16H,4,11,13-14H2,1-3H3. The highest BCUT2D eigenvalue weighted by molar-refractivity contribution is 5.96. The van der Waals surface area contributed by atoms with Gasteiger partial charge in [0.1, 0.15) is 12.4 Å². The number of anilines is 1. The van der Waals surface area contributed by atoms with Crippen molar-refractivity contribution in [2.24, 2.45) is 0 Å². The van der Waals surface area contributed by atoms with Crippen LogP contribution in [0.5, 0.6) is 11.5 Å². The molecular weight excluding hydrogens is 375 g/mol. The minimum absolute atomic E-state index is 0.0279. The number of likely N-dealkylation sites (N-methyl/N-ethyl adjacent to an activating group) is 1. The van der Waals surface area contributed by atoms with Gasteiger partial charge in [-0.2, -0.15) is 0 Å². The number of ether oxygens (including phenoxy) is 2. The molecule has 29 heavy (non-hydrogen) atoms. The number of amides is 2. The average molecular weight is 400 g/mol. The number of methoxy groups -OCH3 is 1. The van der Waals surface area contributed by atoms with E-state index in [2.05, 4.69) is 0 Å². The fourth-order valence-corrected chi connectivity index (χ4v) is 3.46. The highest BCUT2D eigenvalue weighted by Gasteiger charge is 2.33. The molecule has 1 saturated heterocycles. The highest BCUT2D eigenvalue weighted by atomic mass is 19.1. The number of nitrogens with zero attached hydrogens (tertiary/aromatic N) is 2. The van der Waals surface area contributed by atoms with E-state index in [1.165, 1.54) is 17.0 Å². The van der Waals surface area contributed by atoms with Crippen molar-refractivity contribution in [2.75, 3.05) is 38.8 Å². The molecule has 1 aliphatic rings. The van der Waals surface area contributed by atoms with E-state index in [9.17, 15) is 14.0 Å². The van der Waals surface area contributed by atoms with E-state index in [-0.39, 0.29) is 24.3 Å². The normalized spacial score (nSPS) is 16.1. The molecule has 0 saturated carbocycles. The third kappa shape index (κ3) is 4.67. The molecule has 1 atom stereocenters. The summed E-state index contributed by atoms with van der Waals surface area (Å²) in [5, 5.41) is 0. The molecule has 2 aromatic carbocycles. The summed E-state index contributed by atoms with van der Waals surface area (Å²) in [6.45, 7) is 2.81. The number of benzene rings is 2. The second-order valence-corrected chi connectivity index (χ2v) is 6.95. The first-order valence-electron chi connectivity index (χ1n) is 9.53. The van der Waals surface area contributed by atoms with E-state index in [4.69, 9.17) is 9.47 Å². The number of hydrogen-bond donors (Lipinski definition) is 0. The number of halogens is 1. The molecule has 0 N–H and O–H groups in total. The molecule has 0 aliphatic carbocycles. The Morgan fingerprint density at radius 1 is 1.24 bits per heavy atom. The van der Waals surface area contributed by atoms with Gasteiger partial charge in [0.2, 0.25) is 11.8 Å². The predicted molar refractivity (Wildman–Crippen MR) is 108 cm³/mol. The van der Waals surface area contributed by atoms with Gasteiger partial charge >= 0.3 is 0 Å². The van der Waals surface area contributed by atoms with Crippen LogP contribution in [0.4, 0.5) is 10.1 Å². The largest absolute Gasteiger partial charge is 0.493 e. The lowest BCUT2D eigenvalue weighted by atomic mass is 9.98. The second-order valence-electron chi connectivity index (χ2n) is 6.95. The average Bonchev–Trinajstić information content (AvgIpc) is 3.08. The Morgan fingerprint density at radius 2 is 2.03 bits per heavy atom. The lowest BCUT2D eigenvalue weighted by Gasteiger charge is -2.22. The van der Waals surface area contributed by atoms with E-state index in [0.29, 0.717) is 36.8 Å². The summed E-state index contributed by atoms with van der Waals surface area (Å²) in [5.74, 6) is 0.493. The quantitative estimate of drug-likeness (QED) is 0.716. The summed E-state index contributed by atoms with van der Waals surface area (Å²) in [6.07, 6.45) is 0.328. The van der Waals surface area contributed by atoms with Crippen LogP contribution in [-0.2, 0) is 9.59 Å². The van der Waals surface area contributed by atoms with E-state index in [1.807, 2.05) is 25.1 Å². The van der Waals surface area contributed by atoms with Crippen molar-refractivity contribution in [1.29, 1.82) is 0 Å². The van der Waals surface area contributed by atoms with E-state index >= 15 is 0 Å². The van der Waals surface area contributed by atoms with Gasteiger partial charge < -0.3 is 19.3 Å². The first-order valence-corrected chi connectivity index (χ1v) is 9.53. The van der Waals surface area contributed by atoms with Gasteiger partial charge in [0.15, 0.2) is 11.5 Å². The molecule has 6 nitrogen and oxygen atoms in total. The van der Waals surface area contributed by atoms with Gasteiger partial charge in [-0.15, -0.1) is 0 Å². The van der Waals surface area contributed by atoms with Crippen molar-refractivity contribution in [3.8, 4) is 11.5 Å². The third-order valence-corrected chi connectivity index (χ3v) is 5.07. The van der Waals surface area contributed by atoms with Crippen LogP contribution < -0.4 is 14.4 Å². The molecule has 0 spiro atoms. The zero-order chi connectivity index (χ0) is 21.0. The van der Waals surface area contributed by atoms with Gasteiger partial charge in [-0.05, 0) is 42.8 Å². The van der Waals surface area contributed by atoms with Crippen molar-refractivity contribution >= 4 is 17.5 Å². The Kier molecular flexibility index (Phi) is 6.36. The summed E-state index contributed by atoms with van der Waals surface area (Å²) in [7, 11) is 3.16. The molecule has 2 amide bonds. The van der Waals surface area contributed by atoms with Crippen LogP contribution in [0, 0.1) is 5.82 Å². The summed E-state index contributed by atoms with van der Waals surface area (Å²) in [4.78, 5) is 28.0. The van der Waals surface area contributed by atoms with E-state index in [1.54, 1.807) is 31.2 Å². The number of hydrogen-bond acceptors (Lipinski definition) is 4. The van der Waals surface area contributed by atoms with Crippen molar-refractivity contribution in [3.05, 3.63) is 53.8 Å². The van der Waals surface area contributed by atoms with Crippen molar-refractivity contribution in [1.82, 2.24) is 4.90 Å². The maximum Gasteiger partial charge on any atom is 0.246 e. The molecule has 154 valence electrons. The first kappa shape index (κ1) is 20.6. The molecule has 3 rings (SSSR count). The van der Waals surface area contributed by atoms with Crippen LogP contribution in [0.3, 0.4) is 0 Å². The molecule has 2 aromatic rings. The zero-order valence-corrected chi connectivity index (χ0v) is 16.9. The summed E-state index contributed by atoms with van der Waals surface area (Å²) >= 11 is 0. The first-order chi connectivity index (χ1) is 13.9. The SMILES string of the molecule is CCOc1cc(C2CC(=O)N(CC(=O)N(C)c3cccc(F)c3)C2)ccc1OC. The zero-order valence-electron chi connectivity index (χ0n) is 16.9. The van der Waals surface area contributed by atoms with Crippen molar-refractivity contribution in [3.63, 3.8) is 0 Å². The number of carbonyl (C=O) groups is 2. The van der Waals surface area contributed by atoms with Gasteiger partial charge in [-0.3, -0.25) is 9.59 Å². The second kappa shape index (κ2) is 8.94. The maximum absolute atomic E-state index is 13.4. The number of rotatable bonds is 7. The Bertz CT molecular complexity index is 902. The fraction of sp³-hybridized carbons (Fsp3) is 0.364.